The Kier molecular flexibility index (Phi) is 6.53. The zero-order chi connectivity index (χ0) is 22.1. The van der Waals surface area contributed by atoms with Crippen LogP contribution in [-0.2, 0) is 20.8 Å². The summed E-state index contributed by atoms with van der Waals surface area (Å²) >= 11 is 0. The number of rotatable bonds is 3. The van der Waals surface area contributed by atoms with Crippen LogP contribution in [0.3, 0.4) is 0 Å². The number of aryl methyl sites for hydroxylation is 2. The fourth-order valence-electron chi connectivity index (χ4n) is 4.29. The predicted molar refractivity (Wildman–Crippen MR) is 112 cm³/mol. The quantitative estimate of drug-likeness (QED) is 0.747. The van der Waals surface area contributed by atoms with Crippen LogP contribution in [0.25, 0.3) is 0 Å². The molecule has 1 atom stereocenters. The summed E-state index contributed by atoms with van der Waals surface area (Å²) in [5.74, 6) is 0.793. The molecule has 3 heterocycles. The van der Waals surface area contributed by atoms with Gasteiger partial charge in [0.15, 0.2) is 0 Å². The number of nitrogens with zero attached hydrogens (tertiary/aromatic N) is 4. The molecule has 8 heteroatoms. The first kappa shape index (κ1) is 22.3. The van der Waals surface area contributed by atoms with Crippen molar-refractivity contribution < 1.29 is 18.9 Å². The molecule has 166 valence electrons. The molecule has 1 aromatic heterocycles. The van der Waals surface area contributed by atoms with E-state index in [1.807, 2.05) is 49.3 Å². The second-order valence-electron chi connectivity index (χ2n) is 9.53. The first-order valence-corrected chi connectivity index (χ1v) is 10.9. The molecule has 8 nitrogen and oxygen atoms in total. The van der Waals surface area contributed by atoms with Gasteiger partial charge in [0.2, 0.25) is 17.7 Å². The van der Waals surface area contributed by atoms with E-state index in [-0.39, 0.29) is 30.1 Å². The third-order valence-corrected chi connectivity index (χ3v) is 6.15. The highest BCUT2D eigenvalue weighted by atomic mass is 16.5. The van der Waals surface area contributed by atoms with Crippen molar-refractivity contribution >= 4 is 17.7 Å². The van der Waals surface area contributed by atoms with Crippen LogP contribution in [0, 0.1) is 25.2 Å². The van der Waals surface area contributed by atoms with Gasteiger partial charge in [0.05, 0.1) is 18.0 Å². The molecule has 0 radical (unpaired) electrons. The van der Waals surface area contributed by atoms with Crippen molar-refractivity contribution in [3.63, 3.8) is 0 Å². The van der Waals surface area contributed by atoms with Crippen LogP contribution in [-0.4, -0.2) is 76.8 Å². The number of aromatic nitrogens is 1. The minimum atomic E-state index is -0.432. The molecular formula is C22H34N4O4. The molecule has 0 spiro atoms. The van der Waals surface area contributed by atoms with Crippen molar-refractivity contribution in [2.45, 2.75) is 53.9 Å². The van der Waals surface area contributed by atoms with E-state index < -0.39 is 5.41 Å². The average Bonchev–Trinajstić information content (AvgIpc) is 3.04. The summed E-state index contributed by atoms with van der Waals surface area (Å²) in [6.07, 6.45) is 1.95. The molecule has 0 aliphatic carbocycles. The second-order valence-corrected chi connectivity index (χ2v) is 9.53. The summed E-state index contributed by atoms with van der Waals surface area (Å²) < 4.78 is 5.14. The highest BCUT2D eigenvalue weighted by molar-refractivity contribution is 5.84. The number of likely N-dealkylation sites (tertiary alicyclic amines) is 1. The van der Waals surface area contributed by atoms with Gasteiger partial charge in [-0.05, 0) is 26.7 Å². The Morgan fingerprint density at radius 2 is 1.63 bits per heavy atom. The molecule has 0 aromatic carbocycles. The maximum Gasteiger partial charge on any atom is 0.227 e. The molecule has 0 N–H and O–H groups in total. The third kappa shape index (κ3) is 4.84. The molecule has 2 aliphatic heterocycles. The molecule has 0 saturated carbocycles. The summed E-state index contributed by atoms with van der Waals surface area (Å²) in [4.78, 5) is 43.8. The molecule has 0 bridgehead atoms. The Hall–Kier alpha value is -2.38. The number of carbonyl (C=O) groups excluding carboxylic acids is 3. The van der Waals surface area contributed by atoms with E-state index in [9.17, 15) is 14.4 Å². The predicted octanol–water partition coefficient (Wildman–Crippen LogP) is 1.79. The fraction of sp³-hybridized carbons (Fsp3) is 0.727. The Labute approximate surface area is 178 Å². The van der Waals surface area contributed by atoms with Crippen LogP contribution >= 0.6 is 0 Å². The number of piperazine rings is 1. The lowest BCUT2D eigenvalue weighted by Gasteiger charge is -2.40. The standard InChI is InChI=1S/C22H34N4O4/c1-15-18(16(2)30-23-15)13-19(27)24-9-11-25(12-10-24)20(28)17-7-6-8-26(14-17)21(29)22(3,4)5/h17H,6-14H2,1-5H3. The van der Waals surface area contributed by atoms with Crippen molar-refractivity contribution in [3.8, 4) is 0 Å². The SMILES string of the molecule is Cc1noc(C)c1CC(=O)N1CCN(C(=O)C2CCCN(C(=O)C(C)(C)C)C2)CC1. The Bertz CT molecular complexity index is 783. The zero-order valence-corrected chi connectivity index (χ0v) is 18.9. The van der Waals surface area contributed by atoms with Crippen LogP contribution < -0.4 is 0 Å². The van der Waals surface area contributed by atoms with E-state index in [2.05, 4.69) is 5.16 Å². The van der Waals surface area contributed by atoms with E-state index in [0.29, 0.717) is 38.5 Å². The lowest BCUT2D eigenvalue weighted by molar-refractivity contribution is -0.147. The summed E-state index contributed by atoms with van der Waals surface area (Å²) in [7, 11) is 0. The fourth-order valence-corrected chi connectivity index (χ4v) is 4.29. The van der Waals surface area contributed by atoms with Gasteiger partial charge in [-0.3, -0.25) is 14.4 Å². The van der Waals surface area contributed by atoms with Crippen LogP contribution in [0.5, 0.6) is 0 Å². The number of hydrogen-bond acceptors (Lipinski definition) is 5. The topological polar surface area (TPSA) is 87.0 Å². The number of amides is 3. The summed E-state index contributed by atoms with van der Waals surface area (Å²) in [6, 6.07) is 0. The third-order valence-electron chi connectivity index (χ3n) is 6.15. The van der Waals surface area contributed by atoms with Crippen LogP contribution in [0.4, 0.5) is 0 Å². The van der Waals surface area contributed by atoms with Crippen LogP contribution in [0.15, 0.2) is 4.52 Å². The average molecular weight is 419 g/mol. The largest absolute Gasteiger partial charge is 0.361 e. The van der Waals surface area contributed by atoms with Gasteiger partial charge in [-0.25, -0.2) is 0 Å². The van der Waals surface area contributed by atoms with Gasteiger partial charge < -0.3 is 19.2 Å². The van der Waals surface area contributed by atoms with Crippen LogP contribution in [0.1, 0.15) is 50.6 Å². The van der Waals surface area contributed by atoms with E-state index in [1.165, 1.54) is 0 Å². The number of carbonyl (C=O) groups is 3. The van der Waals surface area contributed by atoms with E-state index in [1.54, 1.807) is 0 Å². The van der Waals surface area contributed by atoms with Gasteiger partial charge in [-0.15, -0.1) is 0 Å². The van der Waals surface area contributed by atoms with Gasteiger partial charge in [-0.1, -0.05) is 25.9 Å². The molecule has 1 aromatic rings. The van der Waals surface area contributed by atoms with E-state index in [4.69, 9.17) is 4.52 Å². The van der Waals surface area contributed by atoms with Crippen molar-refractivity contribution in [1.82, 2.24) is 19.9 Å². The van der Waals surface area contributed by atoms with Crippen molar-refractivity contribution in [3.05, 3.63) is 17.0 Å². The summed E-state index contributed by atoms with van der Waals surface area (Å²) in [6.45, 7) is 12.8. The first-order chi connectivity index (χ1) is 14.1. The molecule has 2 aliphatic rings. The number of piperidine rings is 1. The molecule has 30 heavy (non-hydrogen) atoms. The molecule has 2 fully saturated rings. The molecule has 3 rings (SSSR count). The van der Waals surface area contributed by atoms with Gasteiger partial charge in [0, 0.05) is 50.2 Å². The Balaban J connectivity index is 1.52. The first-order valence-electron chi connectivity index (χ1n) is 10.9. The van der Waals surface area contributed by atoms with E-state index in [0.717, 1.165) is 30.6 Å². The highest BCUT2D eigenvalue weighted by Gasteiger charge is 2.36. The molecule has 1 unspecified atom stereocenters. The summed E-state index contributed by atoms with van der Waals surface area (Å²) in [5, 5.41) is 3.91. The molecular weight excluding hydrogens is 384 g/mol. The smallest absolute Gasteiger partial charge is 0.227 e. The maximum atomic E-state index is 13.1. The zero-order valence-electron chi connectivity index (χ0n) is 18.9. The van der Waals surface area contributed by atoms with Gasteiger partial charge >= 0.3 is 0 Å². The monoisotopic (exact) mass is 418 g/mol. The lowest BCUT2D eigenvalue weighted by Crippen LogP contribution is -2.54. The summed E-state index contributed by atoms with van der Waals surface area (Å²) in [5.41, 5.74) is 1.17. The normalized spacial score (nSPS) is 20.4. The molecule has 2 saturated heterocycles. The second kappa shape index (κ2) is 8.78. The van der Waals surface area contributed by atoms with Gasteiger partial charge in [0.1, 0.15) is 5.76 Å². The van der Waals surface area contributed by atoms with Crippen molar-refractivity contribution in [2.75, 3.05) is 39.3 Å². The lowest BCUT2D eigenvalue weighted by atomic mass is 9.90. The Morgan fingerprint density at radius 3 is 2.20 bits per heavy atom. The maximum absolute atomic E-state index is 13.1. The minimum absolute atomic E-state index is 0.0381. The van der Waals surface area contributed by atoms with Crippen LogP contribution in [0.2, 0.25) is 0 Å². The highest BCUT2D eigenvalue weighted by Crippen LogP contribution is 2.25. The van der Waals surface area contributed by atoms with Gasteiger partial charge in [0.25, 0.3) is 0 Å². The Morgan fingerprint density at radius 1 is 1.00 bits per heavy atom. The van der Waals surface area contributed by atoms with E-state index >= 15 is 0 Å². The van der Waals surface area contributed by atoms with Crippen molar-refractivity contribution in [1.29, 1.82) is 0 Å². The van der Waals surface area contributed by atoms with Gasteiger partial charge in [-0.2, -0.15) is 0 Å². The van der Waals surface area contributed by atoms with Crippen molar-refractivity contribution in [2.24, 2.45) is 11.3 Å². The number of hydrogen-bond donors (Lipinski definition) is 0. The molecule has 3 amide bonds. The minimum Gasteiger partial charge on any atom is -0.361 e.